The van der Waals surface area contributed by atoms with Crippen molar-refractivity contribution in [2.45, 2.75) is 25.9 Å². The smallest absolute Gasteiger partial charge is 0.384 e. The fourth-order valence-electron chi connectivity index (χ4n) is 2.40. The molecule has 2 rings (SSSR count). The Balaban J connectivity index is 2.07. The van der Waals surface area contributed by atoms with Crippen molar-refractivity contribution in [3.05, 3.63) is 29.8 Å². The van der Waals surface area contributed by atoms with E-state index in [0.29, 0.717) is 6.54 Å². The first-order valence-corrected chi connectivity index (χ1v) is 6.52. The molecule has 106 valence electrons. The van der Waals surface area contributed by atoms with Crippen LogP contribution in [0.4, 0.5) is 18.9 Å². The summed E-state index contributed by atoms with van der Waals surface area (Å²) in [7, 11) is 0. The van der Waals surface area contributed by atoms with Crippen molar-refractivity contribution in [1.82, 2.24) is 5.32 Å². The molecule has 2 nitrogen and oxygen atoms in total. The van der Waals surface area contributed by atoms with E-state index in [1.165, 1.54) is 12.1 Å². The number of hydrogen-bond donors (Lipinski definition) is 2. The molecule has 0 aliphatic carbocycles. The van der Waals surface area contributed by atoms with Crippen LogP contribution in [-0.2, 0) is 6.18 Å². The van der Waals surface area contributed by atoms with Crippen LogP contribution < -0.4 is 10.6 Å². The molecular weight excluding hydrogens is 253 g/mol. The minimum atomic E-state index is -4.31. The standard InChI is InChI=1S/C14H19F3N2/c1-13(6-8-18-9-7-13)10-19-12-5-3-2-4-11(12)14(15,16)17/h2-5,18-19H,6-10H2,1H3. The highest BCUT2D eigenvalue weighted by Crippen LogP contribution is 2.36. The van der Waals surface area contributed by atoms with Crippen LogP contribution in [0.25, 0.3) is 0 Å². The Morgan fingerprint density at radius 3 is 2.47 bits per heavy atom. The van der Waals surface area contributed by atoms with E-state index in [1.807, 2.05) is 0 Å². The van der Waals surface area contributed by atoms with Gasteiger partial charge in [-0.2, -0.15) is 13.2 Å². The van der Waals surface area contributed by atoms with E-state index < -0.39 is 11.7 Å². The zero-order valence-corrected chi connectivity index (χ0v) is 11.0. The Hall–Kier alpha value is -1.23. The SMILES string of the molecule is CC1(CNc2ccccc2C(F)(F)F)CCNCC1. The fourth-order valence-corrected chi connectivity index (χ4v) is 2.40. The number of nitrogens with one attached hydrogen (secondary N) is 2. The Bertz CT molecular complexity index is 423. The molecule has 2 N–H and O–H groups in total. The normalized spacial score (nSPS) is 19.2. The largest absolute Gasteiger partial charge is 0.418 e. The van der Waals surface area contributed by atoms with Gasteiger partial charge in [-0.15, -0.1) is 0 Å². The molecule has 0 radical (unpaired) electrons. The van der Waals surface area contributed by atoms with Gasteiger partial charge in [0, 0.05) is 12.2 Å². The summed E-state index contributed by atoms with van der Waals surface area (Å²) >= 11 is 0. The Morgan fingerprint density at radius 1 is 1.21 bits per heavy atom. The number of alkyl halides is 3. The topological polar surface area (TPSA) is 24.1 Å². The molecule has 0 unspecified atom stereocenters. The average molecular weight is 272 g/mol. The second-order valence-corrected chi connectivity index (χ2v) is 5.46. The first-order valence-electron chi connectivity index (χ1n) is 6.52. The van der Waals surface area contributed by atoms with Gasteiger partial charge >= 0.3 is 6.18 Å². The van der Waals surface area contributed by atoms with Gasteiger partial charge in [-0.25, -0.2) is 0 Å². The predicted octanol–water partition coefficient (Wildman–Crippen LogP) is 3.51. The molecule has 1 heterocycles. The maximum Gasteiger partial charge on any atom is 0.418 e. The molecule has 0 atom stereocenters. The van der Waals surface area contributed by atoms with E-state index in [4.69, 9.17) is 0 Å². The van der Waals surface area contributed by atoms with Crippen molar-refractivity contribution in [1.29, 1.82) is 0 Å². The number of piperidine rings is 1. The summed E-state index contributed by atoms with van der Waals surface area (Å²) in [4.78, 5) is 0. The highest BCUT2D eigenvalue weighted by molar-refractivity contribution is 5.52. The van der Waals surface area contributed by atoms with Crippen LogP contribution >= 0.6 is 0 Å². The lowest BCUT2D eigenvalue weighted by Crippen LogP contribution is -2.39. The lowest BCUT2D eigenvalue weighted by atomic mass is 9.81. The number of halogens is 3. The van der Waals surface area contributed by atoms with Crippen LogP contribution in [0, 0.1) is 5.41 Å². The van der Waals surface area contributed by atoms with Crippen LogP contribution in [0.3, 0.4) is 0 Å². The summed E-state index contributed by atoms with van der Waals surface area (Å²) in [5.41, 5.74) is -0.355. The van der Waals surface area contributed by atoms with Crippen LogP contribution in [0.5, 0.6) is 0 Å². The maximum atomic E-state index is 12.9. The highest BCUT2D eigenvalue weighted by atomic mass is 19.4. The molecule has 0 spiro atoms. The van der Waals surface area contributed by atoms with E-state index in [1.54, 1.807) is 6.07 Å². The Morgan fingerprint density at radius 2 is 1.84 bits per heavy atom. The number of para-hydroxylation sites is 1. The second-order valence-electron chi connectivity index (χ2n) is 5.46. The van der Waals surface area contributed by atoms with Gasteiger partial charge in [-0.05, 0) is 43.5 Å². The molecule has 0 amide bonds. The summed E-state index contributed by atoms with van der Waals surface area (Å²) in [6.45, 7) is 4.55. The molecule has 1 aromatic rings. The molecule has 5 heteroatoms. The second kappa shape index (κ2) is 5.41. The average Bonchev–Trinajstić information content (AvgIpc) is 2.37. The first-order chi connectivity index (χ1) is 8.91. The lowest BCUT2D eigenvalue weighted by Gasteiger charge is -2.34. The molecule has 1 fully saturated rings. The van der Waals surface area contributed by atoms with E-state index in [-0.39, 0.29) is 11.1 Å². The fraction of sp³-hybridized carbons (Fsp3) is 0.571. The monoisotopic (exact) mass is 272 g/mol. The molecule has 0 bridgehead atoms. The third-order valence-corrected chi connectivity index (χ3v) is 3.75. The van der Waals surface area contributed by atoms with Crippen LogP contribution in [0.15, 0.2) is 24.3 Å². The van der Waals surface area contributed by atoms with Gasteiger partial charge in [0.2, 0.25) is 0 Å². The zero-order chi connectivity index (χ0) is 13.9. The summed E-state index contributed by atoms with van der Waals surface area (Å²) in [5.74, 6) is 0. The minimum Gasteiger partial charge on any atom is -0.384 e. The molecular formula is C14H19F3N2. The van der Waals surface area contributed by atoms with Gasteiger partial charge in [-0.1, -0.05) is 19.1 Å². The van der Waals surface area contributed by atoms with E-state index in [0.717, 1.165) is 32.0 Å². The van der Waals surface area contributed by atoms with Gasteiger partial charge in [0.15, 0.2) is 0 Å². The summed E-state index contributed by atoms with van der Waals surface area (Å²) in [5, 5.41) is 6.25. The quantitative estimate of drug-likeness (QED) is 0.880. The number of benzene rings is 1. The zero-order valence-electron chi connectivity index (χ0n) is 11.0. The third-order valence-electron chi connectivity index (χ3n) is 3.75. The van der Waals surface area contributed by atoms with Crippen LogP contribution in [-0.4, -0.2) is 19.6 Å². The number of hydrogen-bond acceptors (Lipinski definition) is 2. The van der Waals surface area contributed by atoms with Gasteiger partial charge in [-0.3, -0.25) is 0 Å². The van der Waals surface area contributed by atoms with Crippen LogP contribution in [0.1, 0.15) is 25.3 Å². The summed E-state index contributed by atoms with van der Waals surface area (Å²) in [6, 6.07) is 5.66. The van der Waals surface area contributed by atoms with E-state index in [9.17, 15) is 13.2 Å². The molecule has 19 heavy (non-hydrogen) atoms. The van der Waals surface area contributed by atoms with Gasteiger partial charge < -0.3 is 10.6 Å². The Kier molecular flexibility index (Phi) is 4.04. The van der Waals surface area contributed by atoms with Crippen molar-refractivity contribution in [2.24, 2.45) is 5.41 Å². The number of rotatable bonds is 3. The van der Waals surface area contributed by atoms with Gasteiger partial charge in [0.05, 0.1) is 5.56 Å². The lowest BCUT2D eigenvalue weighted by molar-refractivity contribution is -0.137. The third kappa shape index (κ3) is 3.62. The first kappa shape index (κ1) is 14.2. The van der Waals surface area contributed by atoms with Crippen molar-refractivity contribution in [3.8, 4) is 0 Å². The molecule has 1 aliphatic heterocycles. The molecule has 0 aromatic heterocycles. The Labute approximate surface area is 111 Å². The number of anilines is 1. The highest BCUT2D eigenvalue weighted by Gasteiger charge is 2.34. The minimum absolute atomic E-state index is 0.0595. The maximum absolute atomic E-state index is 12.9. The van der Waals surface area contributed by atoms with Crippen LogP contribution in [0.2, 0.25) is 0 Å². The van der Waals surface area contributed by atoms with Crippen molar-refractivity contribution in [2.75, 3.05) is 25.0 Å². The summed E-state index contributed by atoms with van der Waals surface area (Å²) in [6.07, 6.45) is -2.35. The van der Waals surface area contributed by atoms with E-state index in [2.05, 4.69) is 17.6 Å². The molecule has 0 saturated carbocycles. The summed E-state index contributed by atoms with van der Waals surface area (Å²) < 4.78 is 38.6. The predicted molar refractivity (Wildman–Crippen MR) is 70.1 cm³/mol. The van der Waals surface area contributed by atoms with Crippen molar-refractivity contribution >= 4 is 5.69 Å². The molecule has 1 aliphatic rings. The molecule has 1 aromatic carbocycles. The van der Waals surface area contributed by atoms with Gasteiger partial charge in [0.25, 0.3) is 0 Å². The molecule has 1 saturated heterocycles. The van der Waals surface area contributed by atoms with Crippen molar-refractivity contribution < 1.29 is 13.2 Å². The van der Waals surface area contributed by atoms with Gasteiger partial charge in [0.1, 0.15) is 0 Å². The van der Waals surface area contributed by atoms with E-state index >= 15 is 0 Å². The van der Waals surface area contributed by atoms with Crippen molar-refractivity contribution in [3.63, 3.8) is 0 Å².